The lowest BCUT2D eigenvalue weighted by Crippen LogP contribution is -2.24. The molecule has 1 aliphatic rings. The molecule has 2 aromatic heterocycles. The van der Waals surface area contributed by atoms with E-state index >= 15 is 0 Å². The molecular weight excluding hydrogens is 410 g/mol. The van der Waals surface area contributed by atoms with Crippen LogP contribution in [0.4, 0.5) is 5.82 Å². The Labute approximate surface area is 184 Å². The number of fused-ring (bicyclic) bond motifs is 1. The fourth-order valence-corrected chi connectivity index (χ4v) is 3.63. The summed E-state index contributed by atoms with van der Waals surface area (Å²) in [5.74, 6) is 2.51. The zero-order valence-corrected chi connectivity index (χ0v) is 17.8. The Morgan fingerprint density at radius 2 is 2.00 bits per heavy atom. The van der Waals surface area contributed by atoms with E-state index < -0.39 is 0 Å². The van der Waals surface area contributed by atoms with E-state index in [4.69, 9.17) is 14.0 Å². The van der Waals surface area contributed by atoms with Gasteiger partial charge in [0.2, 0.25) is 12.2 Å². The average molecular weight is 431 g/mol. The second-order valence-corrected chi connectivity index (χ2v) is 8.20. The smallest absolute Gasteiger partial charge is 0.257 e. The van der Waals surface area contributed by atoms with Gasteiger partial charge in [0.1, 0.15) is 22.8 Å². The van der Waals surface area contributed by atoms with Crippen molar-refractivity contribution in [3.8, 4) is 28.6 Å². The van der Waals surface area contributed by atoms with E-state index in [1.165, 1.54) is 6.39 Å². The fraction of sp³-hybridized carbons (Fsp3) is 0.217. The first-order valence-corrected chi connectivity index (χ1v) is 10.1. The van der Waals surface area contributed by atoms with E-state index in [0.717, 1.165) is 11.1 Å². The van der Waals surface area contributed by atoms with Gasteiger partial charge in [0.05, 0.1) is 0 Å². The predicted octanol–water partition coefficient (Wildman–Crippen LogP) is 4.23. The summed E-state index contributed by atoms with van der Waals surface area (Å²) in [6.45, 7) is 4.01. The minimum Gasteiger partial charge on any atom is -0.487 e. The molecule has 0 saturated heterocycles. The summed E-state index contributed by atoms with van der Waals surface area (Å²) in [7, 11) is 1.79. The summed E-state index contributed by atoms with van der Waals surface area (Å²) >= 11 is 0. The minimum absolute atomic E-state index is 0.294. The van der Waals surface area contributed by atoms with E-state index in [-0.39, 0.29) is 11.5 Å². The zero-order chi connectivity index (χ0) is 22.3. The summed E-state index contributed by atoms with van der Waals surface area (Å²) in [6.07, 6.45) is 3.71. The van der Waals surface area contributed by atoms with Crippen molar-refractivity contribution in [2.24, 2.45) is 7.05 Å². The molecule has 32 heavy (non-hydrogen) atoms. The molecule has 0 radical (unpaired) electrons. The fourth-order valence-electron chi connectivity index (χ4n) is 3.63. The largest absolute Gasteiger partial charge is 0.487 e. The average Bonchev–Trinajstić information content (AvgIpc) is 3.48. The van der Waals surface area contributed by atoms with Gasteiger partial charge < -0.3 is 19.3 Å². The lowest BCUT2D eigenvalue weighted by atomic mass is 9.99. The Morgan fingerprint density at radius 3 is 2.69 bits per heavy atom. The van der Waals surface area contributed by atoms with Gasteiger partial charge in [0.25, 0.3) is 5.91 Å². The topological polar surface area (TPSA) is 104 Å². The number of hydrogen-bond donors (Lipinski definition) is 1. The van der Waals surface area contributed by atoms with Gasteiger partial charge >= 0.3 is 0 Å². The van der Waals surface area contributed by atoms with Crippen LogP contribution in [0.3, 0.4) is 0 Å². The summed E-state index contributed by atoms with van der Waals surface area (Å²) in [5.41, 5.74) is 1.76. The van der Waals surface area contributed by atoms with Crippen LogP contribution in [0.2, 0.25) is 0 Å². The molecule has 9 heteroatoms. The highest BCUT2D eigenvalue weighted by molar-refractivity contribution is 6.04. The molecule has 4 aromatic rings. The van der Waals surface area contributed by atoms with E-state index in [1.54, 1.807) is 36.1 Å². The highest BCUT2D eigenvalue weighted by Crippen LogP contribution is 2.43. The molecule has 0 aliphatic carbocycles. The molecule has 0 unspecified atom stereocenters. The monoisotopic (exact) mass is 431 g/mol. The van der Waals surface area contributed by atoms with Crippen molar-refractivity contribution >= 4 is 11.7 Å². The van der Waals surface area contributed by atoms with Crippen molar-refractivity contribution in [3.63, 3.8) is 0 Å². The number of hydrogen-bond acceptors (Lipinski definition) is 7. The highest BCUT2D eigenvalue weighted by atomic mass is 16.5. The van der Waals surface area contributed by atoms with Crippen molar-refractivity contribution in [3.05, 3.63) is 66.2 Å². The first-order valence-electron chi connectivity index (χ1n) is 10.1. The lowest BCUT2D eigenvalue weighted by molar-refractivity contribution is 0.102. The number of nitrogens with one attached hydrogen (secondary N) is 1. The predicted molar refractivity (Wildman–Crippen MR) is 116 cm³/mol. The number of carbonyl (C=O) groups excluding carboxylic acids is 1. The summed E-state index contributed by atoms with van der Waals surface area (Å²) < 4.78 is 18.7. The third-order valence-electron chi connectivity index (χ3n) is 5.08. The number of aryl methyl sites for hydroxylation is 1. The Hall–Kier alpha value is -4.14. The van der Waals surface area contributed by atoms with E-state index in [1.807, 2.05) is 38.1 Å². The number of benzene rings is 2. The molecule has 0 saturated carbocycles. The van der Waals surface area contributed by atoms with Crippen LogP contribution >= 0.6 is 0 Å². The third kappa shape index (κ3) is 3.92. The van der Waals surface area contributed by atoms with Gasteiger partial charge in [-0.15, -0.1) is 0 Å². The number of nitrogens with zero attached hydrogens (tertiary/aromatic N) is 4. The molecule has 5 rings (SSSR count). The third-order valence-corrected chi connectivity index (χ3v) is 5.08. The molecule has 0 fully saturated rings. The molecule has 0 spiro atoms. The number of carbonyl (C=O) groups is 1. The van der Waals surface area contributed by atoms with Crippen molar-refractivity contribution < 1.29 is 18.8 Å². The van der Waals surface area contributed by atoms with E-state index in [9.17, 15) is 4.79 Å². The first-order chi connectivity index (χ1) is 15.4. The van der Waals surface area contributed by atoms with Gasteiger partial charge in [-0.1, -0.05) is 5.16 Å². The van der Waals surface area contributed by atoms with Crippen molar-refractivity contribution in [1.29, 1.82) is 0 Å². The molecule has 0 bridgehead atoms. The van der Waals surface area contributed by atoms with Gasteiger partial charge in [0.15, 0.2) is 5.82 Å². The number of ether oxygens (including phenoxy) is 2. The number of amides is 1. The van der Waals surface area contributed by atoms with Crippen LogP contribution in [0.25, 0.3) is 11.4 Å². The maximum atomic E-state index is 12.9. The molecule has 1 amide bonds. The van der Waals surface area contributed by atoms with E-state index in [0.29, 0.717) is 40.9 Å². The second-order valence-electron chi connectivity index (χ2n) is 8.20. The molecule has 1 aliphatic heterocycles. The standard InChI is InChI=1S/C23H21N5O4/c1-23(2)12-17-18(31-16-6-4-14(5-7-16)21-24-13-30-27-21)10-15(11-19(17)32-23)22(29)25-20-8-9-28(3)26-20/h4-11,13H,12H2,1-3H3,(H,25,26,29). The van der Waals surface area contributed by atoms with Gasteiger partial charge in [-0.3, -0.25) is 9.48 Å². The highest BCUT2D eigenvalue weighted by Gasteiger charge is 2.34. The van der Waals surface area contributed by atoms with Crippen LogP contribution in [-0.4, -0.2) is 31.4 Å². The second kappa shape index (κ2) is 7.52. The Balaban J connectivity index is 1.45. The summed E-state index contributed by atoms with van der Waals surface area (Å²) in [5, 5.41) is 10.8. The molecule has 2 aromatic carbocycles. The quantitative estimate of drug-likeness (QED) is 0.504. The maximum Gasteiger partial charge on any atom is 0.257 e. The zero-order valence-electron chi connectivity index (χ0n) is 17.8. The van der Waals surface area contributed by atoms with Crippen LogP contribution in [0, 0.1) is 0 Å². The molecule has 0 atom stereocenters. The van der Waals surface area contributed by atoms with Crippen LogP contribution in [0.5, 0.6) is 17.2 Å². The molecule has 3 heterocycles. The summed E-state index contributed by atoms with van der Waals surface area (Å²) in [6, 6.07) is 12.5. The lowest BCUT2D eigenvalue weighted by Gasteiger charge is -2.16. The van der Waals surface area contributed by atoms with Crippen LogP contribution in [-0.2, 0) is 13.5 Å². The number of anilines is 1. The van der Waals surface area contributed by atoms with Crippen LogP contribution in [0.15, 0.2) is 59.6 Å². The SMILES string of the molecule is Cn1ccc(NC(=O)c2cc(Oc3ccc(-c4ncon4)cc3)c3c(c2)OC(C)(C)C3)n1. The Bertz CT molecular complexity index is 1280. The van der Waals surface area contributed by atoms with Gasteiger partial charge in [-0.05, 0) is 50.2 Å². The first kappa shape index (κ1) is 19.8. The minimum atomic E-state index is -0.390. The van der Waals surface area contributed by atoms with Crippen molar-refractivity contribution in [1.82, 2.24) is 19.9 Å². The normalized spacial score (nSPS) is 14.0. The maximum absolute atomic E-state index is 12.9. The van der Waals surface area contributed by atoms with Gasteiger partial charge in [-0.2, -0.15) is 10.1 Å². The van der Waals surface area contributed by atoms with Crippen molar-refractivity contribution in [2.45, 2.75) is 25.9 Å². The Morgan fingerprint density at radius 1 is 1.19 bits per heavy atom. The number of aromatic nitrogens is 4. The van der Waals surface area contributed by atoms with Gasteiger partial charge in [0, 0.05) is 42.4 Å². The summed E-state index contributed by atoms with van der Waals surface area (Å²) in [4.78, 5) is 16.9. The Kier molecular flexibility index (Phi) is 4.66. The van der Waals surface area contributed by atoms with Crippen LogP contribution in [0.1, 0.15) is 29.8 Å². The molecular formula is C23H21N5O4. The van der Waals surface area contributed by atoms with E-state index in [2.05, 4.69) is 20.6 Å². The van der Waals surface area contributed by atoms with Gasteiger partial charge in [-0.25, -0.2) is 0 Å². The number of rotatable bonds is 5. The molecule has 162 valence electrons. The molecule has 9 nitrogen and oxygen atoms in total. The molecule has 1 N–H and O–H groups in total. The van der Waals surface area contributed by atoms with Crippen molar-refractivity contribution in [2.75, 3.05) is 5.32 Å². The van der Waals surface area contributed by atoms with Crippen LogP contribution < -0.4 is 14.8 Å².